The predicted molar refractivity (Wildman–Crippen MR) is 270 cm³/mol. The zero-order valence-corrected chi connectivity index (χ0v) is 43.0. The third-order valence-corrected chi connectivity index (χ3v) is 13.8. The fourth-order valence-electron chi connectivity index (χ4n) is 11.0. The van der Waals surface area contributed by atoms with E-state index in [4.69, 9.17) is 0 Å². The quantitative estimate of drug-likeness (QED) is 0.155. The second-order valence-electron chi connectivity index (χ2n) is 19.8. The fourth-order valence-corrected chi connectivity index (χ4v) is 11.0. The summed E-state index contributed by atoms with van der Waals surface area (Å²) in [6.07, 6.45) is 16.9. The topological polar surface area (TPSA) is 0 Å². The van der Waals surface area contributed by atoms with Crippen molar-refractivity contribution in [2.75, 3.05) is 0 Å². The molecule has 0 aliphatic heterocycles. The molecule has 5 aromatic rings. The molecule has 1 atom stereocenters. The zero-order chi connectivity index (χ0) is 43.2. The molecule has 4 bridgehead atoms. The van der Waals surface area contributed by atoms with Crippen LogP contribution in [0.2, 0.25) is 0 Å². The van der Waals surface area contributed by atoms with Crippen LogP contribution in [0.5, 0.6) is 0 Å². The van der Waals surface area contributed by atoms with E-state index in [2.05, 4.69) is 176 Å². The van der Waals surface area contributed by atoms with E-state index in [1.807, 2.05) is 30.3 Å². The first-order valence-corrected chi connectivity index (χ1v) is 24.2. The predicted octanol–water partition coefficient (Wildman–Crippen LogP) is 16.5. The number of hydrogen-bond acceptors (Lipinski definition) is 0. The van der Waals surface area contributed by atoms with E-state index < -0.39 is 0 Å². The average molecular weight is 941 g/mol. The minimum absolute atomic E-state index is 0. The maximum absolute atomic E-state index is 3.88. The Morgan fingerprint density at radius 1 is 0.645 bits per heavy atom. The molecule has 0 amide bonds. The standard InChI is InChI=1S/C33H33.C17H23.C6H5.C2H5.CH2.2ClH.Zr/c1-32(2,3)30-20-26-24(18-28(30)22-13-9-7-10-14-22)17-25-19-29(23-15-11-8-12-16-23)31(21-27(25)26)33(4,5)6;1-11-3-4-14(5-11)17(2)15-7-12-6-13(9-15)10-16(17)8-12;1-2-4-6-5-3-1;1-2;;;;/h7-16,18,20-21H,17H2,1-6H3;4-5,11-13,15-16H,6-10H2,1-2H3;1-5H;1H2,2H3;1H2;2*1H;/q4*-1;;;;. The van der Waals surface area contributed by atoms with Crippen molar-refractivity contribution in [1.82, 2.24) is 0 Å². The molecule has 1 unspecified atom stereocenters. The number of hydrogen-bond donors (Lipinski definition) is 0. The summed E-state index contributed by atoms with van der Waals surface area (Å²) in [5.74, 6) is 4.68. The summed E-state index contributed by atoms with van der Waals surface area (Å²) in [4.78, 5) is 0. The molecule has 0 aromatic heterocycles. The second-order valence-corrected chi connectivity index (χ2v) is 19.8. The Bertz CT molecular complexity index is 2080. The molecule has 6 aliphatic rings. The Morgan fingerprint density at radius 2 is 1.15 bits per heavy atom. The number of fused-ring (bicyclic) bond motifs is 3. The van der Waals surface area contributed by atoms with E-state index in [9.17, 15) is 0 Å². The summed E-state index contributed by atoms with van der Waals surface area (Å²) in [6.45, 7) is 23.7. The van der Waals surface area contributed by atoms with Gasteiger partial charge in [-0.3, -0.25) is 6.08 Å². The van der Waals surface area contributed by atoms with Gasteiger partial charge in [-0.15, -0.1) is 53.6 Å². The van der Waals surface area contributed by atoms with E-state index in [0.717, 1.165) is 30.1 Å². The van der Waals surface area contributed by atoms with Crippen LogP contribution in [0.15, 0.2) is 127 Å². The summed E-state index contributed by atoms with van der Waals surface area (Å²) in [5, 5.41) is 0. The van der Waals surface area contributed by atoms with Gasteiger partial charge in [0.25, 0.3) is 0 Å². The van der Waals surface area contributed by atoms with Gasteiger partial charge in [-0.2, -0.15) is 55.0 Å². The molecule has 5 aromatic carbocycles. The number of benzene rings is 5. The average Bonchev–Trinajstić information content (AvgIpc) is 3.87. The molecule has 0 saturated heterocycles. The molecule has 6 aliphatic carbocycles. The van der Waals surface area contributed by atoms with Crippen LogP contribution < -0.4 is 0 Å². The Labute approximate surface area is 404 Å². The zero-order valence-electron chi connectivity index (χ0n) is 38.9. The molecule has 4 saturated carbocycles. The molecule has 11 rings (SSSR count). The molecule has 3 heteroatoms. The minimum atomic E-state index is 0. The Hall–Kier alpha value is -3.09. The van der Waals surface area contributed by atoms with Gasteiger partial charge in [0.2, 0.25) is 0 Å². The van der Waals surface area contributed by atoms with Crippen LogP contribution in [0, 0.1) is 60.1 Å². The minimum Gasteiger partial charge on any atom is -0.184 e. The summed E-state index contributed by atoms with van der Waals surface area (Å²) < 4.78 is 3.34. The SMILES string of the molecule is CC(C)(C)c1cc2c([c-]c1-c1ccccc1)Cc1cc(-c3ccccc3)c(C(C)(C)C)cc1-2.CC1[C-]=CC(C2(C)C3CC4CC(C3)CC2C4)=C1.Cl.Cl.[CH2-]C.[CH2]=[Zr].[c-]1ccccc1. The maximum Gasteiger partial charge on any atom is -0.171 e. The van der Waals surface area contributed by atoms with Gasteiger partial charge >= 0.3 is 28.4 Å². The summed E-state index contributed by atoms with van der Waals surface area (Å²) >= 11 is 1.30. The summed E-state index contributed by atoms with van der Waals surface area (Å²) in [6, 6.07) is 45.3. The molecule has 4 fully saturated rings. The first-order valence-electron chi connectivity index (χ1n) is 22.5. The first kappa shape index (κ1) is 51.5. The molecule has 0 N–H and O–H groups in total. The second kappa shape index (κ2) is 22.2. The van der Waals surface area contributed by atoms with E-state index in [1.54, 1.807) is 18.9 Å². The summed E-state index contributed by atoms with van der Waals surface area (Å²) in [7, 11) is 0. The van der Waals surface area contributed by atoms with Gasteiger partial charge in [0, 0.05) is 0 Å². The Kier molecular flexibility index (Phi) is 18.5. The number of allylic oxidation sites excluding steroid dienone is 4. The van der Waals surface area contributed by atoms with Crippen LogP contribution in [0.25, 0.3) is 33.4 Å². The molecule has 0 spiro atoms. The van der Waals surface area contributed by atoms with Crippen molar-refractivity contribution < 1.29 is 24.2 Å². The van der Waals surface area contributed by atoms with Crippen molar-refractivity contribution >= 4 is 29.0 Å². The van der Waals surface area contributed by atoms with Gasteiger partial charge in [0.1, 0.15) is 0 Å². The maximum atomic E-state index is 3.88. The largest absolute Gasteiger partial charge is 0.184 e. The smallest absolute Gasteiger partial charge is 0.171 e. The van der Waals surface area contributed by atoms with Gasteiger partial charge in [-0.25, -0.2) is 6.08 Å². The van der Waals surface area contributed by atoms with Gasteiger partial charge in [-0.1, -0.05) is 156 Å². The number of rotatable bonds is 3. The Balaban J connectivity index is 0.000000242. The van der Waals surface area contributed by atoms with Crippen molar-refractivity contribution in [1.29, 1.82) is 0 Å². The van der Waals surface area contributed by atoms with Crippen LogP contribution in [-0.2, 0) is 41.5 Å². The van der Waals surface area contributed by atoms with Crippen molar-refractivity contribution in [3.05, 3.63) is 174 Å². The van der Waals surface area contributed by atoms with E-state index >= 15 is 0 Å². The van der Waals surface area contributed by atoms with Gasteiger partial charge in [0.15, 0.2) is 0 Å². The van der Waals surface area contributed by atoms with Crippen molar-refractivity contribution in [2.45, 2.75) is 112 Å². The van der Waals surface area contributed by atoms with E-state index in [0.29, 0.717) is 11.3 Å². The molecular weight excluding hydrogens is 871 g/mol. The Morgan fingerprint density at radius 3 is 1.60 bits per heavy atom. The molecule has 0 heterocycles. The van der Waals surface area contributed by atoms with Crippen LogP contribution in [0.1, 0.15) is 117 Å². The van der Waals surface area contributed by atoms with Gasteiger partial charge in [0.05, 0.1) is 0 Å². The van der Waals surface area contributed by atoms with Crippen molar-refractivity contribution in [3.63, 3.8) is 0 Å². The van der Waals surface area contributed by atoms with Crippen LogP contribution in [0.4, 0.5) is 0 Å². The van der Waals surface area contributed by atoms with E-state index in [-0.39, 0.29) is 35.6 Å². The number of halogens is 2. The van der Waals surface area contributed by atoms with Gasteiger partial charge in [-0.05, 0) is 95.3 Å². The van der Waals surface area contributed by atoms with Gasteiger partial charge < -0.3 is 6.92 Å². The van der Waals surface area contributed by atoms with Crippen molar-refractivity contribution in [3.8, 4) is 33.4 Å². The molecule has 62 heavy (non-hydrogen) atoms. The van der Waals surface area contributed by atoms with Crippen LogP contribution in [0.3, 0.4) is 0 Å². The summed E-state index contributed by atoms with van der Waals surface area (Å²) in [5.41, 5.74) is 15.6. The monoisotopic (exact) mass is 938 g/mol. The van der Waals surface area contributed by atoms with Crippen LogP contribution >= 0.6 is 24.8 Å². The first-order chi connectivity index (χ1) is 28.8. The third-order valence-electron chi connectivity index (χ3n) is 13.8. The van der Waals surface area contributed by atoms with Crippen LogP contribution in [-0.4, -0.2) is 4.21 Å². The van der Waals surface area contributed by atoms with E-state index in [1.165, 1.54) is 106 Å². The molecule has 328 valence electrons. The molecule has 0 nitrogen and oxygen atoms in total. The fraction of sp³-hybridized carbons (Fsp3) is 0.390. The molecular formula is C59H70Cl2Zr-4. The van der Waals surface area contributed by atoms with Crippen molar-refractivity contribution in [2.24, 2.45) is 35.0 Å². The normalized spacial score (nSPS) is 23.0. The molecule has 0 radical (unpaired) electrons. The third kappa shape index (κ3) is 11.2.